The van der Waals surface area contributed by atoms with Crippen LogP contribution in [0.15, 0.2) is 119 Å². The molecule has 10 nitrogen and oxygen atoms in total. The van der Waals surface area contributed by atoms with Gasteiger partial charge >= 0.3 is 5.97 Å². The van der Waals surface area contributed by atoms with Crippen molar-refractivity contribution in [3.05, 3.63) is 137 Å². The second-order valence-corrected chi connectivity index (χ2v) is 19.7. The highest BCUT2D eigenvalue weighted by molar-refractivity contribution is 7.89. The summed E-state index contributed by atoms with van der Waals surface area (Å²) < 4.78 is 71.3. The van der Waals surface area contributed by atoms with Crippen molar-refractivity contribution in [3.8, 4) is 5.75 Å². The molecule has 1 N–H and O–H groups in total. The summed E-state index contributed by atoms with van der Waals surface area (Å²) >= 11 is 0. The van der Waals surface area contributed by atoms with Crippen LogP contribution in [0.2, 0.25) is 0 Å². The SMILES string of the molecule is C=C(C)[C@@H]1C[C@@H](c2ccc(S(=O)(=O)N(C)CCCc3ccccc3)cc2)[C@@H](CC(C)C)O[C@H]1c1cc(S(=O)(=O)N2CCc3ccccc3C2)ccc1OCC(=O)O. The highest BCUT2D eigenvalue weighted by Crippen LogP contribution is 2.50. The number of carboxylic acids is 1. The minimum Gasteiger partial charge on any atom is -0.482 e. The first-order chi connectivity index (χ1) is 27.1. The summed E-state index contributed by atoms with van der Waals surface area (Å²) in [7, 11) is -6.06. The van der Waals surface area contributed by atoms with Gasteiger partial charge in [-0.25, -0.2) is 25.9 Å². The molecule has 304 valence electrons. The summed E-state index contributed by atoms with van der Waals surface area (Å²) in [5.74, 6) is -1.12. The molecule has 1 saturated heterocycles. The molecule has 0 saturated carbocycles. The van der Waals surface area contributed by atoms with E-state index >= 15 is 0 Å². The van der Waals surface area contributed by atoms with E-state index in [0.29, 0.717) is 44.3 Å². The Hall–Kier alpha value is -4.33. The standard InChI is InChI=1S/C45H54N2O8S2/c1-31(2)26-43-40(35-17-19-37(20-18-35)56(50,51)46(5)24-11-14-33-12-7-6-8-13-33)28-39(32(3)4)45(55-43)41-27-38(21-22-42(41)54-30-44(48)49)57(52,53)47-25-23-34-15-9-10-16-36(34)29-47/h6-10,12-13,15-22,27,31,39-40,43,45H,3,11,14,23-26,28-30H2,1-2,4-5H3,(H,48,49)/t39-,40-,43+,45+/m0/s1. The number of carboxylic acid groups (broad SMARTS) is 1. The number of benzene rings is 4. The average molecular weight is 815 g/mol. The van der Waals surface area contributed by atoms with Crippen LogP contribution in [-0.2, 0) is 49.0 Å². The number of nitrogens with zero attached hydrogens (tertiary/aromatic N) is 2. The Labute approximate surface area is 338 Å². The summed E-state index contributed by atoms with van der Waals surface area (Å²) in [6.45, 7) is 10.8. The third kappa shape index (κ3) is 9.87. The van der Waals surface area contributed by atoms with Gasteiger partial charge in [0, 0.05) is 44.1 Å². The minimum atomic E-state index is -3.95. The van der Waals surface area contributed by atoms with Gasteiger partial charge in [0.05, 0.1) is 22.0 Å². The largest absolute Gasteiger partial charge is 0.482 e. The van der Waals surface area contributed by atoms with E-state index in [9.17, 15) is 26.7 Å². The fourth-order valence-corrected chi connectivity index (χ4v) is 10.7. The Kier molecular flexibility index (Phi) is 13.4. The number of ether oxygens (including phenoxy) is 2. The van der Waals surface area contributed by atoms with E-state index in [0.717, 1.165) is 28.7 Å². The molecule has 57 heavy (non-hydrogen) atoms. The fourth-order valence-electron chi connectivity index (χ4n) is 8.05. The molecule has 0 bridgehead atoms. The quantitative estimate of drug-likeness (QED) is 0.113. The van der Waals surface area contributed by atoms with Gasteiger partial charge in [0.2, 0.25) is 20.0 Å². The van der Waals surface area contributed by atoms with Crippen LogP contribution in [0.25, 0.3) is 0 Å². The van der Waals surface area contributed by atoms with Crippen LogP contribution in [0.4, 0.5) is 0 Å². The average Bonchev–Trinajstić information content (AvgIpc) is 3.19. The van der Waals surface area contributed by atoms with E-state index in [-0.39, 0.29) is 45.9 Å². The van der Waals surface area contributed by atoms with E-state index in [2.05, 4.69) is 20.4 Å². The van der Waals surface area contributed by atoms with Crippen molar-refractivity contribution in [3.63, 3.8) is 0 Å². The summed E-state index contributed by atoms with van der Waals surface area (Å²) in [6.07, 6.45) is 2.31. The molecule has 0 amide bonds. The van der Waals surface area contributed by atoms with Crippen LogP contribution in [0.1, 0.15) is 79.9 Å². The number of fused-ring (bicyclic) bond motifs is 1. The maximum Gasteiger partial charge on any atom is 0.341 e. The molecule has 6 rings (SSSR count). The smallest absolute Gasteiger partial charge is 0.341 e. The third-order valence-corrected chi connectivity index (χ3v) is 14.9. The van der Waals surface area contributed by atoms with Crippen molar-refractivity contribution in [1.82, 2.24) is 8.61 Å². The summed E-state index contributed by atoms with van der Waals surface area (Å²) in [6, 6.07) is 29.5. The van der Waals surface area contributed by atoms with Gasteiger partial charge < -0.3 is 14.6 Å². The summed E-state index contributed by atoms with van der Waals surface area (Å²) in [4.78, 5) is 11.9. The van der Waals surface area contributed by atoms with E-state index < -0.39 is 38.7 Å². The highest BCUT2D eigenvalue weighted by atomic mass is 32.2. The van der Waals surface area contributed by atoms with Crippen LogP contribution in [-0.4, -0.2) is 69.4 Å². The Bertz CT molecular complexity index is 2260. The maximum atomic E-state index is 14.2. The zero-order valence-electron chi connectivity index (χ0n) is 33.2. The van der Waals surface area contributed by atoms with Gasteiger partial charge in [-0.3, -0.25) is 0 Å². The molecule has 4 aromatic carbocycles. The lowest BCUT2D eigenvalue weighted by Crippen LogP contribution is -2.38. The number of sulfonamides is 2. The predicted molar refractivity (Wildman–Crippen MR) is 221 cm³/mol. The molecule has 0 aromatic heterocycles. The lowest BCUT2D eigenvalue weighted by Gasteiger charge is -2.44. The number of carbonyl (C=O) groups is 1. The lowest BCUT2D eigenvalue weighted by atomic mass is 9.74. The first-order valence-corrected chi connectivity index (χ1v) is 22.5. The molecular formula is C45H54N2O8S2. The molecule has 0 unspecified atom stereocenters. The maximum absolute atomic E-state index is 14.2. The number of rotatable bonds is 16. The van der Waals surface area contributed by atoms with Crippen molar-refractivity contribution in [2.45, 2.75) is 87.3 Å². The molecule has 2 heterocycles. The Balaban J connectivity index is 1.28. The second kappa shape index (κ2) is 18.1. The van der Waals surface area contributed by atoms with Crippen LogP contribution in [0.3, 0.4) is 0 Å². The van der Waals surface area contributed by atoms with E-state index in [1.54, 1.807) is 25.2 Å². The fraction of sp³-hybridized carbons (Fsp3) is 0.400. The van der Waals surface area contributed by atoms with Crippen molar-refractivity contribution < 1.29 is 36.2 Å². The normalized spacial score (nSPS) is 20.3. The monoisotopic (exact) mass is 814 g/mol. The summed E-state index contributed by atoms with van der Waals surface area (Å²) in [5.41, 5.74) is 5.46. The van der Waals surface area contributed by atoms with E-state index in [4.69, 9.17) is 9.47 Å². The lowest BCUT2D eigenvalue weighted by molar-refractivity contribution is -0.139. The zero-order chi connectivity index (χ0) is 40.9. The molecule has 0 spiro atoms. The third-order valence-electron chi connectivity index (χ3n) is 11.2. The molecule has 0 radical (unpaired) electrons. The van der Waals surface area contributed by atoms with Gasteiger partial charge in [0.25, 0.3) is 0 Å². The van der Waals surface area contributed by atoms with Crippen LogP contribution >= 0.6 is 0 Å². The van der Waals surface area contributed by atoms with E-state index in [1.807, 2.05) is 73.7 Å². The highest BCUT2D eigenvalue weighted by Gasteiger charge is 2.42. The molecule has 4 aromatic rings. The Morgan fingerprint density at radius 3 is 2.28 bits per heavy atom. The first-order valence-electron chi connectivity index (χ1n) is 19.6. The van der Waals surface area contributed by atoms with Crippen molar-refractivity contribution in [2.24, 2.45) is 11.8 Å². The van der Waals surface area contributed by atoms with Gasteiger partial charge in [0.15, 0.2) is 6.61 Å². The van der Waals surface area contributed by atoms with Gasteiger partial charge in [-0.05, 0) is 97.5 Å². The minimum absolute atomic E-state index is 0.0768. The first kappa shape index (κ1) is 42.3. The van der Waals surface area contributed by atoms with Crippen molar-refractivity contribution >= 4 is 26.0 Å². The molecule has 1 fully saturated rings. The molecule has 4 atom stereocenters. The Morgan fingerprint density at radius 1 is 0.947 bits per heavy atom. The van der Waals surface area contributed by atoms with Gasteiger partial charge in [-0.15, -0.1) is 0 Å². The summed E-state index contributed by atoms with van der Waals surface area (Å²) in [5, 5.41) is 9.52. The van der Waals surface area contributed by atoms with Crippen LogP contribution in [0, 0.1) is 11.8 Å². The van der Waals surface area contributed by atoms with Crippen molar-refractivity contribution in [2.75, 3.05) is 26.7 Å². The molecule has 2 aliphatic rings. The van der Waals surface area contributed by atoms with Gasteiger partial charge in [0.1, 0.15) is 5.75 Å². The number of hydrogen-bond acceptors (Lipinski definition) is 7. The number of hydrogen-bond donors (Lipinski definition) is 1. The molecule has 0 aliphatic carbocycles. The molecular weight excluding hydrogens is 761 g/mol. The number of aliphatic carboxylic acids is 1. The van der Waals surface area contributed by atoms with Crippen LogP contribution in [0.5, 0.6) is 5.75 Å². The van der Waals surface area contributed by atoms with Crippen molar-refractivity contribution in [1.29, 1.82) is 0 Å². The number of aryl methyl sites for hydroxylation is 1. The van der Waals surface area contributed by atoms with E-state index in [1.165, 1.54) is 26.3 Å². The Morgan fingerprint density at radius 2 is 1.61 bits per heavy atom. The molecule has 12 heteroatoms. The molecule has 2 aliphatic heterocycles. The van der Waals surface area contributed by atoms with Crippen LogP contribution < -0.4 is 4.74 Å². The zero-order valence-corrected chi connectivity index (χ0v) is 34.8. The second-order valence-electron chi connectivity index (χ2n) is 15.7. The van der Waals surface area contributed by atoms with Gasteiger partial charge in [-0.1, -0.05) is 92.7 Å². The van der Waals surface area contributed by atoms with Gasteiger partial charge in [-0.2, -0.15) is 4.31 Å². The topological polar surface area (TPSA) is 131 Å². The predicted octanol–water partition coefficient (Wildman–Crippen LogP) is 8.00.